The molecule has 2 fully saturated rings. The molecule has 17 nitrogen and oxygen atoms in total. The summed E-state index contributed by atoms with van der Waals surface area (Å²) in [6.45, 7) is 12.3. The molecule has 6 aromatic rings. The maximum atomic E-state index is 12.2. The van der Waals surface area contributed by atoms with Crippen LogP contribution in [0.1, 0.15) is 91.8 Å². The van der Waals surface area contributed by atoms with Gasteiger partial charge in [0.15, 0.2) is 5.65 Å². The zero-order valence-electron chi connectivity index (χ0n) is 37.6. The van der Waals surface area contributed by atoms with Crippen molar-refractivity contribution in [2.24, 2.45) is 11.8 Å². The van der Waals surface area contributed by atoms with Gasteiger partial charge in [-0.3, -0.25) is 0 Å². The Morgan fingerprint density at radius 2 is 1.18 bits per heavy atom. The number of sulfone groups is 1. The topological polar surface area (TPSA) is 207 Å². The highest BCUT2D eigenvalue weighted by atomic mass is 32.2. The van der Waals surface area contributed by atoms with Crippen LogP contribution in [0.2, 0.25) is 0 Å². The lowest BCUT2D eigenvalue weighted by Gasteiger charge is -2.39. The van der Waals surface area contributed by atoms with Gasteiger partial charge in [-0.25, -0.2) is 32.4 Å². The van der Waals surface area contributed by atoms with E-state index in [1.54, 1.807) is 17.6 Å². The minimum atomic E-state index is -3.77. The predicted octanol–water partition coefficient (Wildman–Crippen LogP) is 7.51. The van der Waals surface area contributed by atoms with Crippen LogP contribution in [-0.2, 0) is 53.6 Å². The maximum Gasteiger partial charge on any atom is 0.268 e. The van der Waals surface area contributed by atoms with Crippen molar-refractivity contribution in [1.29, 1.82) is 0 Å². The van der Waals surface area contributed by atoms with E-state index in [-0.39, 0.29) is 62.7 Å². The number of imidazole rings is 2. The second-order valence-electron chi connectivity index (χ2n) is 16.3. The molecule has 0 aliphatic carbocycles. The number of fused-ring (bicyclic) bond motifs is 2. The van der Waals surface area contributed by atoms with E-state index < -0.39 is 37.8 Å². The molecule has 66 heavy (non-hydrogen) atoms. The predicted molar refractivity (Wildman–Crippen MR) is 254 cm³/mol. The molecule has 4 aromatic heterocycles. The molecule has 0 radical (unpaired) electrons. The van der Waals surface area contributed by atoms with Crippen LogP contribution in [0.4, 0.5) is 0 Å². The van der Waals surface area contributed by atoms with Gasteiger partial charge in [0, 0.05) is 18.1 Å². The summed E-state index contributed by atoms with van der Waals surface area (Å²) in [6, 6.07) is 19.6. The normalized spacial score (nSPS) is 27.3. The molecule has 8 rings (SSSR count). The molecule has 0 amide bonds. The Labute approximate surface area is 396 Å². The van der Waals surface area contributed by atoms with Crippen molar-refractivity contribution in [2.75, 3.05) is 25.9 Å². The molecular weight excluding hydrogens is 905 g/mol. The fraction of sp³-hybridized carbons (Fsp3) is 0.522. The largest absolute Gasteiger partial charge is 0.478 e. The average Bonchev–Trinajstić information content (AvgIpc) is 4.04. The van der Waals surface area contributed by atoms with Crippen LogP contribution in [0.25, 0.3) is 11.3 Å². The van der Waals surface area contributed by atoms with E-state index in [9.17, 15) is 18.6 Å². The van der Waals surface area contributed by atoms with Gasteiger partial charge >= 0.3 is 0 Å². The summed E-state index contributed by atoms with van der Waals surface area (Å²) < 4.78 is 57.8. The Morgan fingerprint density at radius 1 is 0.727 bits per heavy atom. The second kappa shape index (κ2) is 20.5. The van der Waals surface area contributed by atoms with Crippen LogP contribution in [0.5, 0.6) is 5.88 Å². The third-order valence-corrected chi connectivity index (χ3v) is 14.7. The van der Waals surface area contributed by atoms with Crippen molar-refractivity contribution >= 4 is 44.7 Å². The minimum absolute atomic E-state index is 0. The van der Waals surface area contributed by atoms with Crippen molar-refractivity contribution in [1.82, 2.24) is 39.2 Å². The van der Waals surface area contributed by atoms with Crippen molar-refractivity contribution in [3.8, 4) is 5.88 Å². The number of hydrogen-bond acceptors (Lipinski definition) is 17. The molecule has 2 aromatic carbocycles. The first-order chi connectivity index (χ1) is 30.4. The molecule has 2 saturated heterocycles. The Balaban J connectivity index is 0.000000241. The van der Waals surface area contributed by atoms with Gasteiger partial charge in [-0.05, 0) is 50.3 Å². The van der Waals surface area contributed by atoms with Gasteiger partial charge in [0.05, 0.1) is 44.9 Å². The van der Waals surface area contributed by atoms with Gasteiger partial charge in [-0.2, -0.15) is 4.98 Å². The van der Waals surface area contributed by atoms with E-state index in [0.29, 0.717) is 29.5 Å². The lowest BCUT2D eigenvalue weighted by Crippen LogP contribution is -2.52. The summed E-state index contributed by atoms with van der Waals surface area (Å²) >= 11 is 2.94. The quantitative estimate of drug-likeness (QED) is 0.101. The molecule has 20 heteroatoms. The smallest absolute Gasteiger partial charge is 0.268 e. The number of ether oxygens (including phenoxy) is 5. The van der Waals surface area contributed by atoms with Gasteiger partial charge in [-0.15, -0.1) is 22.0 Å². The number of hydrogen-bond donors (Lipinski definition) is 2. The van der Waals surface area contributed by atoms with Crippen LogP contribution >= 0.6 is 23.5 Å². The van der Waals surface area contributed by atoms with Crippen LogP contribution in [0.3, 0.4) is 0 Å². The monoisotopic (exact) mass is 968 g/mol. The highest BCUT2D eigenvalue weighted by molar-refractivity contribution is 7.99. The second-order valence-corrected chi connectivity index (χ2v) is 19.8. The van der Waals surface area contributed by atoms with E-state index in [1.165, 1.54) is 41.3 Å². The summed E-state index contributed by atoms with van der Waals surface area (Å²) in [7, 11) is -2.42. The van der Waals surface area contributed by atoms with Crippen molar-refractivity contribution < 1.29 is 42.3 Å². The number of benzene rings is 2. The Morgan fingerprint density at radius 3 is 1.59 bits per heavy atom. The fourth-order valence-corrected chi connectivity index (χ4v) is 9.82. The Kier molecular flexibility index (Phi) is 16.4. The number of aliphatic hydroxyl groups is 2. The van der Waals surface area contributed by atoms with Gasteiger partial charge in [-0.1, -0.05) is 115 Å². The van der Waals surface area contributed by atoms with E-state index in [1.807, 2.05) is 93.9 Å². The van der Waals surface area contributed by atoms with Crippen LogP contribution in [0.15, 0.2) is 88.4 Å². The van der Waals surface area contributed by atoms with E-state index in [4.69, 9.17) is 23.7 Å². The first kappa shape index (κ1) is 52.7. The van der Waals surface area contributed by atoms with E-state index in [2.05, 4.69) is 44.0 Å². The molecule has 8 atom stereocenters. The third-order valence-electron chi connectivity index (χ3n) is 12.6. The zero-order valence-corrected chi connectivity index (χ0v) is 40.1. The number of methoxy groups -OCH3 is 1. The zero-order chi connectivity index (χ0) is 46.2. The molecule has 6 heterocycles. The number of rotatable bonds is 14. The summed E-state index contributed by atoms with van der Waals surface area (Å²) in [5, 5.41) is 33.7. The maximum absolute atomic E-state index is 12.2. The standard InChI is InChI=1S/C22H28N4O6S.C22H28N4O3S2.2CH4/c1-6-16-14(2)21(3,31-13-15-10-8-7-9-11-15)22(27,32-16)17-12-23-18-19(30-4)24-20(25-26(17)18)33(5,28)29;1-6-16-14(2)21(3,28-13-15-10-8-7-9-11-15)22(27,29-16)17-12-23-18-19(30-4)24-20(31-5)25-26(17)18;;/h7-12,14,16,27H,6,13H2,1-5H3;7-12,14,16,27H,6,13H2,1-5H3;2*1H4/t2*14-,16-,21-,22+;;/m11../s1. The molecule has 2 N–H and O–H groups in total. The molecular formula is C46H64N8O9S3. The van der Waals surface area contributed by atoms with Crippen molar-refractivity contribution in [3.05, 3.63) is 95.6 Å². The first-order valence-electron chi connectivity index (χ1n) is 20.9. The third kappa shape index (κ3) is 9.20. The molecule has 360 valence electrons. The summed E-state index contributed by atoms with van der Waals surface area (Å²) in [4.78, 5) is 17.3. The lowest BCUT2D eigenvalue weighted by molar-refractivity contribution is -0.288. The summed E-state index contributed by atoms with van der Waals surface area (Å²) in [5.74, 6) is -4.00. The van der Waals surface area contributed by atoms with Crippen molar-refractivity contribution in [3.63, 3.8) is 0 Å². The van der Waals surface area contributed by atoms with Crippen LogP contribution in [0, 0.1) is 11.8 Å². The number of nitrogens with zero attached hydrogens (tertiary/aromatic N) is 8. The summed E-state index contributed by atoms with van der Waals surface area (Å²) in [6.07, 6.45) is 8.78. The highest BCUT2D eigenvalue weighted by Crippen LogP contribution is 2.53. The minimum Gasteiger partial charge on any atom is -0.478 e. The number of aromatic nitrogens is 8. The fourth-order valence-electron chi connectivity index (χ4n) is 8.43. The molecule has 2 aliphatic rings. The SMILES string of the molecule is C.C.CC[C@H]1O[C@@](O)(c2cnc3c(OC)nc(S(C)(=O)=O)nn23)[C@](C)(OCc2ccccc2)[C@@H]1C.CC[C@H]1O[C@@](O)(c2cnc3c(SC)nc(SC)nn23)[C@](C)(OCc2ccccc2)[C@@H]1C. The highest BCUT2D eigenvalue weighted by Gasteiger charge is 2.65. The van der Waals surface area contributed by atoms with Crippen LogP contribution < -0.4 is 4.74 Å². The molecule has 0 unspecified atom stereocenters. The van der Waals surface area contributed by atoms with Gasteiger partial charge < -0.3 is 33.9 Å². The molecule has 2 aliphatic heterocycles. The Bertz CT molecular complexity index is 2700. The summed E-state index contributed by atoms with van der Waals surface area (Å²) in [5.41, 5.74) is 1.08. The van der Waals surface area contributed by atoms with Gasteiger partial charge in [0.1, 0.15) is 27.6 Å². The lowest BCUT2D eigenvalue weighted by atomic mass is 9.81. The van der Waals surface area contributed by atoms with E-state index >= 15 is 0 Å². The first-order valence-corrected chi connectivity index (χ1v) is 25.3. The molecule has 0 spiro atoms. The Hall–Kier alpha value is -4.25. The van der Waals surface area contributed by atoms with Gasteiger partial charge in [0.25, 0.3) is 11.0 Å². The molecule has 0 bridgehead atoms. The number of thioether (sulfide) groups is 2. The van der Waals surface area contributed by atoms with E-state index in [0.717, 1.165) is 28.8 Å². The van der Waals surface area contributed by atoms with Crippen LogP contribution in [-0.4, -0.2) is 107 Å². The van der Waals surface area contributed by atoms with Gasteiger partial charge in [0.2, 0.25) is 32.2 Å². The average molecular weight is 969 g/mol. The van der Waals surface area contributed by atoms with Crippen molar-refractivity contribution in [2.45, 2.75) is 133 Å². The molecule has 0 saturated carbocycles.